The Hall–Kier alpha value is -1.61. The number of imidazole rings is 1. The second-order valence-electron chi connectivity index (χ2n) is 7.61. The van der Waals surface area contributed by atoms with Crippen LogP contribution in [0.4, 0.5) is 0 Å². The summed E-state index contributed by atoms with van der Waals surface area (Å²) in [6.07, 6.45) is 5.69. The van der Waals surface area contributed by atoms with Gasteiger partial charge < -0.3 is 20.5 Å². The Balaban J connectivity index is 0.00000300. The smallest absolute Gasteiger partial charge is 0.191 e. The first kappa shape index (κ1) is 23.7. The first-order valence-electron chi connectivity index (χ1n) is 10.6. The van der Waals surface area contributed by atoms with Crippen molar-refractivity contribution in [2.45, 2.75) is 39.7 Å². The van der Waals surface area contributed by atoms with E-state index in [1.54, 1.807) is 0 Å². The molecule has 6 nitrogen and oxygen atoms in total. The third-order valence-electron chi connectivity index (χ3n) is 5.26. The van der Waals surface area contributed by atoms with Gasteiger partial charge in [-0.2, -0.15) is 0 Å². The fourth-order valence-corrected chi connectivity index (χ4v) is 3.50. The van der Waals surface area contributed by atoms with E-state index in [0.29, 0.717) is 6.54 Å². The number of hydrogen-bond donors (Lipinski definition) is 3. The van der Waals surface area contributed by atoms with Crippen molar-refractivity contribution in [2.75, 3.05) is 32.7 Å². The summed E-state index contributed by atoms with van der Waals surface area (Å²) in [5.74, 6) is 2.62. The predicted molar refractivity (Wildman–Crippen MR) is 132 cm³/mol. The maximum absolute atomic E-state index is 4.67. The van der Waals surface area contributed by atoms with Crippen LogP contribution in [0.2, 0.25) is 0 Å². The number of guanidine groups is 1. The highest BCUT2D eigenvalue weighted by Gasteiger charge is 2.14. The number of nitrogens with one attached hydrogen (secondary N) is 3. The first-order chi connectivity index (χ1) is 13.7. The van der Waals surface area contributed by atoms with Crippen molar-refractivity contribution in [3.63, 3.8) is 0 Å². The molecule has 0 spiro atoms. The Morgan fingerprint density at radius 3 is 2.69 bits per heavy atom. The van der Waals surface area contributed by atoms with Gasteiger partial charge in [-0.1, -0.05) is 37.3 Å². The molecule has 160 valence electrons. The van der Waals surface area contributed by atoms with Crippen LogP contribution in [0.1, 0.15) is 38.9 Å². The molecule has 1 aliphatic heterocycles. The van der Waals surface area contributed by atoms with Gasteiger partial charge in [-0.15, -0.1) is 24.0 Å². The quantitative estimate of drug-likeness (QED) is 0.218. The van der Waals surface area contributed by atoms with Crippen LogP contribution in [0.15, 0.2) is 41.5 Å². The van der Waals surface area contributed by atoms with Crippen LogP contribution < -0.4 is 10.6 Å². The lowest BCUT2D eigenvalue weighted by Gasteiger charge is -2.30. The molecule has 0 aliphatic carbocycles. The Morgan fingerprint density at radius 2 is 1.97 bits per heavy atom. The van der Waals surface area contributed by atoms with Crippen molar-refractivity contribution < 1.29 is 0 Å². The number of benzene rings is 1. The minimum absolute atomic E-state index is 0. The maximum atomic E-state index is 4.67. The summed E-state index contributed by atoms with van der Waals surface area (Å²) >= 11 is 0. The normalized spacial score (nSPS) is 15.7. The van der Waals surface area contributed by atoms with Crippen LogP contribution in [0.5, 0.6) is 0 Å². The Labute approximate surface area is 192 Å². The summed E-state index contributed by atoms with van der Waals surface area (Å²) in [7, 11) is 0. The molecule has 0 bridgehead atoms. The van der Waals surface area contributed by atoms with Gasteiger partial charge in [0.15, 0.2) is 5.96 Å². The average Bonchev–Trinajstić information content (AvgIpc) is 3.20. The van der Waals surface area contributed by atoms with E-state index in [0.717, 1.165) is 55.0 Å². The van der Waals surface area contributed by atoms with Crippen molar-refractivity contribution in [1.82, 2.24) is 25.5 Å². The van der Waals surface area contributed by atoms with E-state index in [2.05, 4.69) is 56.5 Å². The molecule has 1 aromatic carbocycles. The maximum Gasteiger partial charge on any atom is 0.191 e. The summed E-state index contributed by atoms with van der Waals surface area (Å²) in [6, 6.07) is 10.2. The Kier molecular flexibility index (Phi) is 10.5. The molecule has 3 N–H and O–H groups in total. The van der Waals surface area contributed by atoms with Crippen LogP contribution >= 0.6 is 24.0 Å². The van der Waals surface area contributed by atoms with E-state index >= 15 is 0 Å². The van der Waals surface area contributed by atoms with Gasteiger partial charge in [-0.05, 0) is 57.3 Å². The number of piperidine rings is 1. The van der Waals surface area contributed by atoms with Crippen molar-refractivity contribution in [3.8, 4) is 11.3 Å². The van der Waals surface area contributed by atoms with Crippen molar-refractivity contribution in [3.05, 3.63) is 42.4 Å². The number of aromatic amines is 1. The molecule has 7 heteroatoms. The molecular weight excluding hydrogens is 475 g/mol. The topological polar surface area (TPSA) is 68.3 Å². The van der Waals surface area contributed by atoms with Crippen LogP contribution in [0, 0.1) is 5.92 Å². The number of aromatic nitrogens is 2. The molecule has 0 saturated carbocycles. The van der Waals surface area contributed by atoms with Gasteiger partial charge in [0, 0.05) is 13.1 Å². The molecule has 3 rings (SSSR count). The lowest BCUT2D eigenvalue weighted by Crippen LogP contribution is -2.39. The standard InChI is InChI=1S/C22H34N6.HI/c1-3-23-22(24-12-7-13-28-14-10-18(2)11-15-28)26-17-21-25-16-20(27-21)19-8-5-4-6-9-19;/h4-6,8-9,16,18H,3,7,10-15,17H2,1-2H3,(H,25,27)(H2,23,24,26);1H. The van der Waals surface area contributed by atoms with Gasteiger partial charge in [0.05, 0.1) is 11.9 Å². The minimum Gasteiger partial charge on any atom is -0.357 e. The number of H-pyrrole nitrogens is 1. The molecule has 0 amide bonds. The van der Waals surface area contributed by atoms with Gasteiger partial charge in [-0.3, -0.25) is 0 Å². The summed E-state index contributed by atoms with van der Waals surface area (Å²) in [5, 5.41) is 6.77. The monoisotopic (exact) mass is 510 g/mol. The zero-order valence-corrected chi connectivity index (χ0v) is 20.0. The van der Waals surface area contributed by atoms with Gasteiger partial charge in [-0.25, -0.2) is 9.98 Å². The van der Waals surface area contributed by atoms with Crippen molar-refractivity contribution in [1.29, 1.82) is 0 Å². The largest absolute Gasteiger partial charge is 0.357 e. The third kappa shape index (κ3) is 7.97. The molecule has 1 aromatic heterocycles. The van der Waals surface area contributed by atoms with Crippen LogP contribution in [0.25, 0.3) is 11.3 Å². The zero-order chi connectivity index (χ0) is 19.6. The number of nitrogens with zero attached hydrogens (tertiary/aromatic N) is 3. The first-order valence-corrected chi connectivity index (χ1v) is 10.6. The van der Waals surface area contributed by atoms with Crippen LogP contribution in [-0.2, 0) is 6.54 Å². The number of aliphatic imine (C=N–C) groups is 1. The fourth-order valence-electron chi connectivity index (χ4n) is 3.50. The second kappa shape index (κ2) is 12.8. The minimum atomic E-state index is 0. The highest BCUT2D eigenvalue weighted by Crippen LogP contribution is 2.16. The van der Waals surface area contributed by atoms with Crippen molar-refractivity contribution >= 4 is 29.9 Å². The Morgan fingerprint density at radius 1 is 1.21 bits per heavy atom. The Bertz CT molecular complexity index is 722. The number of rotatable bonds is 8. The van der Waals surface area contributed by atoms with E-state index in [4.69, 9.17) is 0 Å². The SMILES string of the molecule is CCNC(=NCc1ncc(-c2ccccc2)[nH]1)NCCCN1CCC(C)CC1.I. The average molecular weight is 510 g/mol. The second-order valence-corrected chi connectivity index (χ2v) is 7.61. The lowest BCUT2D eigenvalue weighted by molar-refractivity contribution is 0.191. The summed E-state index contributed by atoms with van der Waals surface area (Å²) < 4.78 is 0. The summed E-state index contributed by atoms with van der Waals surface area (Å²) in [5.41, 5.74) is 2.17. The predicted octanol–water partition coefficient (Wildman–Crippen LogP) is 3.87. The van der Waals surface area contributed by atoms with E-state index in [9.17, 15) is 0 Å². The molecule has 2 aromatic rings. The van der Waals surface area contributed by atoms with Crippen molar-refractivity contribution in [2.24, 2.45) is 10.9 Å². The molecule has 2 heterocycles. The summed E-state index contributed by atoms with van der Waals surface area (Å²) in [4.78, 5) is 15.1. The van der Waals surface area contributed by atoms with Crippen LogP contribution in [0.3, 0.4) is 0 Å². The lowest BCUT2D eigenvalue weighted by atomic mass is 9.99. The molecule has 29 heavy (non-hydrogen) atoms. The molecule has 1 aliphatic rings. The number of halogens is 1. The molecule has 1 saturated heterocycles. The number of likely N-dealkylation sites (tertiary alicyclic amines) is 1. The van der Waals surface area contributed by atoms with E-state index < -0.39 is 0 Å². The van der Waals surface area contributed by atoms with Crippen LogP contribution in [-0.4, -0.2) is 53.6 Å². The summed E-state index contributed by atoms with van der Waals surface area (Å²) in [6.45, 7) is 10.4. The molecule has 0 atom stereocenters. The van der Waals surface area contributed by atoms with Gasteiger partial charge >= 0.3 is 0 Å². The zero-order valence-electron chi connectivity index (χ0n) is 17.7. The molecule has 0 radical (unpaired) electrons. The number of hydrogen-bond acceptors (Lipinski definition) is 3. The van der Waals surface area contributed by atoms with E-state index in [1.807, 2.05) is 24.4 Å². The van der Waals surface area contributed by atoms with Gasteiger partial charge in [0.1, 0.15) is 12.4 Å². The van der Waals surface area contributed by atoms with E-state index in [-0.39, 0.29) is 24.0 Å². The van der Waals surface area contributed by atoms with E-state index in [1.165, 1.54) is 25.9 Å². The van der Waals surface area contributed by atoms with Gasteiger partial charge in [0.2, 0.25) is 0 Å². The van der Waals surface area contributed by atoms with Gasteiger partial charge in [0.25, 0.3) is 0 Å². The fraction of sp³-hybridized carbons (Fsp3) is 0.545. The molecule has 1 fully saturated rings. The molecule has 0 unspecified atom stereocenters. The highest BCUT2D eigenvalue weighted by molar-refractivity contribution is 14.0. The third-order valence-corrected chi connectivity index (χ3v) is 5.26. The molecular formula is C22H35IN6. The highest BCUT2D eigenvalue weighted by atomic mass is 127.